The number of halogens is 3. The van der Waals surface area contributed by atoms with Crippen molar-refractivity contribution < 1.29 is 75.8 Å². The fourth-order valence-corrected chi connectivity index (χ4v) is 5.40. The maximum absolute atomic E-state index is 12.0. The van der Waals surface area contributed by atoms with Crippen molar-refractivity contribution in [3.63, 3.8) is 0 Å². The first-order chi connectivity index (χ1) is 31.9. The van der Waals surface area contributed by atoms with Crippen molar-refractivity contribution in [1.82, 2.24) is 9.80 Å². The third-order valence-corrected chi connectivity index (χ3v) is 8.92. The second kappa shape index (κ2) is 43.4. The van der Waals surface area contributed by atoms with E-state index in [4.69, 9.17) is 44.4 Å². The Kier molecular flexibility index (Phi) is 43.8. The van der Waals surface area contributed by atoms with Crippen LogP contribution < -0.4 is 18.9 Å². The number of aliphatic hydroxyl groups is 2. The number of likely N-dealkylation sites (tertiary alicyclic amines) is 2. The van der Waals surface area contributed by atoms with E-state index in [-0.39, 0.29) is 50.2 Å². The topological polar surface area (TPSA) is 131 Å². The Hall–Kier alpha value is -3.65. The van der Waals surface area contributed by atoms with E-state index in [0.29, 0.717) is 71.7 Å². The van der Waals surface area contributed by atoms with Crippen LogP contribution in [0.5, 0.6) is 0 Å². The van der Waals surface area contributed by atoms with Gasteiger partial charge in [0.1, 0.15) is 17.3 Å². The van der Waals surface area contributed by atoms with Crippen molar-refractivity contribution in [1.29, 1.82) is 0 Å². The van der Waals surface area contributed by atoms with E-state index in [0.717, 1.165) is 50.9 Å². The zero-order chi connectivity index (χ0) is 50.9. The van der Waals surface area contributed by atoms with Crippen molar-refractivity contribution in [3.8, 4) is 24.2 Å². The fraction of sp³-hybridized carbons (Fsp3) is 0.635. The maximum Gasteiger partial charge on any atom is 1.00 e. The molecule has 0 aromatic heterocycles. The van der Waals surface area contributed by atoms with Crippen molar-refractivity contribution in [2.45, 2.75) is 150 Å². The quantitative estimate of drug-likeness (QED) is 0.0998. The van der Waals surface area contributed by atoms with Crippen molar-refractivity contribution in [2.75, 3.05) is 52.6 Å². The third-order valence-electron chi connectivity index (χ3n) is 8.92. The summed E-state index contributed by atoms with van der Waals surface area (Å²) in [5.41, 5.74) is 1.43. The van der Waals surface area contributed by atoms with Gasteiger partial charge in [-0.1, -0.05) is 86.9 Å². The van der Waals surface area contributed by atoms with Crippen LogP contribution in [0.3, 0.4) is 0 Å². The molecule has 379 valence electrons. The van der Waals surface area contributed by atoms with E-state index in [2.05, 4.69) is 43.7 Å². The minimum Gasteiger partial charge on any atom is -0.444 e. The van der Waals surface area contributed by atoms with E-state index in [1.54, 1.807) is 23.6 Å². The number of hydrogen-bond donors (Lipinski definition) is 2. The number of benzene rings is 2. The first-order valence-corrected chi connectivity index (χ1v) is 23.3. The monoisotopic (exact) mass is 954 g/mol. The minimum absolute atomic E-state index is 0. The molecule has 2 aromatic rings. The molecule has 2 N–H and O–H groups in total. The summed E-state index contributed by atoms with van der Waals surface area (Å²) in [6.07, 6.45) is 11.3. The zero-order valence-electron chi connectivity index (χ0n) is 43.0. The van der Waals surface area contributed by atoms with E-state index in [9.17, 15) is 19.0 Å². The smallest absolute Gasteiger partial charge is 0.444 e. The van der Waals surface area contributed by atoms with Gasteiger partial charge in [0.2, 0.25) is 0 Å². The van der Waals surface area contributed by atoms with Gasteiger partial charge in [-0.05, 0) is 91.6 Å². The Bertz CT molecular complexity index is 1580. The van der Waals surface area contributed by atoms with Gasteiger partial charge < -0.3 is 54.9 Å². The Morgan fingerprint density at radius 1 is 0.824 bits per heavy atom. The average Bonchev–Trinajstić information content (AvgIpc) is 4.15. The summed E-state index contributed by atoms with van der Waals surface area (Å²) >= 11 is 0. The first kappa shape index (κ1) is 68.6. The molecule has 0 aliphatic carbocycles. The van der Waals surface area contributed by atoms with Crippen molar-refractivity contribution in [2.24, 2.45) is 11.8 Å². The van der Waals surface area contributed by atoms with E-state index in [1.165, 1.54) is 12.0 Å². The van der Waals surface area contributed by atoms with Gasteiger partial charge in [0.15, 0.2) is 0 Å². The molecule has 0 saturated carbocycles. The van der Waals surface area contributed by atoms with Crippen molar-refractivity contribution >= 4 is 19.7 Å². The van der Waals surface area contributed by atoms with Gasteiger partial charge >= 0.3 is 38.6 Å². The summed E-state index contributed by atoms with van der Waals surface area (Å²) < 4.78 is 53.2. The molecule has 68 heavy (non-hydrogen) atoms. The largest absolute Gasteiger partial charge is 1.00 e. The molecular weight excluding hydrogens is 871 g/mol. The number of carbonyl (C=O) groups excluding carboxylic acids is 2. The number of aliphatic hydroxyl groups excluding tert-OH is 2. The third kappa shape index (κ3) is 41.3. The molecule has 0 bridgehead atoms. The molecule has 2 aromatic carbocycles. The molecule has 3 fully saturated rings. The molecule has 1 radical (unpaired) electrons. The van der Waals surface area contributed by atoms with Crippen LogP contribution in [0.4, 0.5) is 23.1 Å². The molecule has 2 atom stereocenters. The van der Waals surface area contributed by atoms with E-state index < -0.39 is 17.3 Å². The van der Waals surface area contributed by atoms with Gasteiger partial charge in [0, 0.05) is 60.2 Å². The molecule has 3 heterocycles. The number of amides is 2. The van der Waals surface area contributed by atoms with E-state index >= 15 is 0 Å². The predicted octanol–water partition coefficient (Wildman–Crippen LogP) is 7.95. The molecule has 16 heteroatoms. The van der Waals surface area contributed by atoms with Crippen LogP contribution in [-0.4, -0.2) is 116 Å². The van der Waals surface area contributed by atoms with Gasteiger partial charge in [-0.15, -0.1) is 18.3 Å². The number of epoxide rings is 1. The summed E-state index contributed by atoms with van der Waals surface area (Å²) in [5.74, 6) is 9.62. The molecule has 0 unspecified atom stereocenters. The van der Waals surface area contributed by atoms with Crippen LogP contribution in [0, 0.1) is 42.9 Å². The van der Waals surface area contributed by atoms with Crippen LogP contribution in [-0.2, 0) is 36.9 Å². The Balaban J connectivity index is -0.000000870. The predicted molar refractivity (Wildman–Crippen MR) is 263 cm³/mol. The zero-order valence-corrected chi connectivity index (χ0v) is 43.0. The van der Waals surface area contributed by atoms with Gasteiger partial charge in [0.05, 0.1) is 39.1 Å². The number of ether oxygens (including phenoxy) is 5. The molecule has 5 rings (SSSR count). The number of carbonyl (C=O) groups is 2. The number of rotatable bonds is 11. The number of nitrogens with zero attached hydrogens (tertiary/aromatic N) is 2. The van der Waals surface area contributed by atoms with Gasteiger partial charge in [-0.3, -0.25) is 0 Å². The molecular formula is C52H82BF3LiN2O9. The van der Waals surface area contributed by atoms with Crippen LogP contribution >= 0.6 is 0 Å². The van der Waals surface area contributed by atoms with Crippen LogP contribution in [0.25, 0.3) is 0 Å². The van der Waals surface area contributed by atoms with Crippen molar-refractivity contribution in [3.05, 3.63) is 78.7 Å². The molecule has 3 saturated heterocycles. The maximum atomic E-state index is 12.0. The van der Waals surface area contributed by atoms with Gasteiger partial charge in [0.25, 0.3) is 0 Å². The Morgan fingerprint density at radius 3 is 1.54 bits per heavy atom. The number of piperidine rings is 2. The van der Waals surface area contributed by atoms with E-state index in [1.807, 2.05) is 90.1 Å². The summed E-state index contributed by atoms with van der Waals surface area (Å²) in [7, 11) is 0.625. The summed E-state index contributed by atoms with van der Waals surface area (Å²) in [4.78, 5) is 27.2. The fourth-order valence-electron chi connectivity index (χ4n) is 5.40. The first-order valence-electron chi connectivity index (χ1n) is 23.3. The van der Waals surface area contributed by atoms with Gasteiger partial charge in [-0.25, -0.2) is 9.59 Å². The van der Waals surface area contributed by atoms with Crippen LogP contribution in [0.1, 0.15) is 118 Å². The normalized spacial score (nSPS) is 15.4. The average molecular weight is 954 g/mol. The molecule has 3 aliphatic rings. The summed E-state index contributed by atoms with van der Waals surface area (Å²) in [6.45, 7) is 26.5. The number of unbranched alkanes of at least 4 members (excludes halogenated alkanes) is 1. The molecule has 2 amide bonds. The SMILES string of the molecule is C#CC1CCN(C(=O)OC(C)(C)C)CC1.CC(C)(C)OC(=O)N1CCC(C#CC[C@@H](O)COCc2ccccc2)CC1.CCO.CC[B]F.FF.[CH2-]CCC.[Li+].c1ccc(COC[C@H]2CO2)cc1. The Labute approximate surface area is 421 Å². The molecule has 3 aliphatic heterocycles. The summed E-state index contributed by atoms with van der Waals surface area (Å²) in [5, 5.41) is 17.6. The Morgan fingerprint density at radius 2 is 1.21 bits per heavy atom. The van der Waals surface area contributed by atoms with Gasteiger partial charge in [-0.2, -0.15) is 6.42 Å². The standard InChI is InChI=1S/C22H31NO4.C12H19NO2.C10H12O2.C4H9.C2H5BF.C2H6O.F2.Li/c1-22(2,3)27-21(25)23-14-12-18(13-15-23)10-7-11-20(24)17-26-16-19-8-5-4-6-9-19;1-5-10-6-8-13(9-7-10)11(14)15-12(2,3)4;1-2-4-9(5-3-1)6-11-7-10-8-12-10;1-3-4-2;1-2-3-4;1-2-3;1-2;/h4-6,8-9,18,20,24H,11-17H2,1-3H3;1,10H,6-9H2,2-4H3;1-5,10H,6-8H2;1,3-4H2,2H3;2H2,1H3;3H,2H2,1H3;;/q;;;-1;;;;+1/t20-;;10-;;;;;/m1.0...../s1. The van der Waals surface area contributed by atoms with Crippen LogP contribution in [0.2, 0.25) is 6.32 Å². The van der Waals surface area contributed by atoms with Crippen LogP contribution in [0.15, 0.2) is 60.7 Å². The second-order valence-corrected chi connectivity index (χ2v) is 17.5. The summed E-state index contributed by atoms with van der Waals surface area (Å²) in [6, 6.07) is 20.1. The second-order valence-electron chi connectivity index (χ2n) is 17.5. The number of terminal acetylenes is 1. The number of hydrogen-bond acceptors (Lipinski definition) is 9. The molecule has 0 spiro atoms. The minimum atomic E-state index is -0.580. The molecule has 11 nitrogen and oxygen atoms in total.